The van der Waals surface area contributed by atoms with Gasteiger partial charge in [0.1, 0.15) is 0 Å². The van der Waals surface area contributed by atoms with Crippen molar-refractivity contribution in [2.45, 2.75) is 25.7 Å². The molecule has 0 heterocycles. The first-order valence-corrected chi connectivity index (χ1v) is 5.83. The van der Waals surface area contributed by atoms with Crippen LogP contribution >= 0.6 is 0 Å². The second kappa shape index (κ2) is 4.28. The fourth-order valence-corrected chi connectivity index (χ4v) is 3.30. The van der Waals surface area contributed by atoms with E-state index >= 15 is 0 Å². The summed E-state index contributed by atoms with van der Waals surface area (Å²) in [6, 6.07) is 0. The summed E-state index contributed by atoms with van der Waals surface area (Å²) in [5.74, 6) is 1.24. The molecule has 0 saturated heterocycles. The van der Waals surface area contributed by atoms with Crippen molar-refractivity contribution >= 4 is 11.8 Å². The molecule has 4 unspecified atom stereocenters. The number of hydrogen-bond donors (Lipinski definition) is 2. The molecule has 2 rings (SSSR count). The maximum absolute atomic E-state index is 11.0. The summed E-state index contributed by atoms with van der Waals surface area (Å²) in [6.45, 7) is 0. The van der Waals surface area contributed by atoms with Crippen LogP contribution in [0.1, 0.15) is 25.7 Å². The molecule has 0 radical (unpaired) electrons. The fourth-order valence-electron chi connectivity index (χ4n) is 3.30. The number of hydrogen-bond acceptors (Lipinski definition) is 2. The molecule has 4 nitrogen and oxygen atoms in total. The predicted molar refractivity (Wildman–Crippen MR) is 60.0 cm³/mol. The Labute approximate surface area is 95.1 Å². The average Bonchev–Trinajstić information content (AvgIpc) is 2.74. The van der Waals surface area contributed by atoms with E-state index in [9.17, 15) is 9.59 Å². The van der Waals surface area contributed by atoms with Crippen LogP contribution in [0.15, 0.2) is 12.2 Å². The van der Waals surface area contributed by atoms with Crippen molar-refractivity contribution in [3.8, 4) is 0 Å². The number of carbonyl (C=O) groups is 2. The van der Waals surface area contributed by atoms with Crippen molar-refractivity contribution in [1.29, 1.82) is 0 Å². The highest BCUT2D eigenvalue weighted by atomic mass is 16.1. The maximum atomic E-state index is 11.0. The first kappa shape index (κ1) is 11.2. The monoisotopic (exact) mass is 222 g/mol. The summed E-state index contributed by atoms with van der Waals surface area (Å²) < 4.78 is 0. The molecule has 4 N–H and O–H groups in total. The van der Waals surface area contributed by atoms with E-state index in [0.717, 1.165) is 12.8 Å². The van der Waals surface area contributed by atoms with Crippen LogP contribution in [-0.2, 0) is 9.59 Å². The minimum absolute atomic E-state index is 0.241. The van der Waals surface area contributed by atoms with Gasteiger partial charge >= 0.3 is 0 Å². The minimum Gasteiger partial charge on any atom is -0.370 e. The molecule has 0 aromatic rings. The molecule has 1 saturated carbocycles. The van der Waals surface area contributed by atoms with Crippen molar-refractivity contribution in [2.75, 3.05) is 0 Å². The van der Waals surface area contributed by atoms with Crippen molar-refractivity contribution in [3.05, 3.63) is 12.2 Å². The quantitative estimate of drug-likeness (QED) is 0.666. The zero-order chi connectivity index (χ0) is 11.7. The number of amides is 2. The van der Waals surface area contributed by atoms with Crippen LogP contribution in [0.5, 0.6) is 0 Å². The molecule has 4 heteroatoms. The first-order chi connectivity index (χ1) is 7.58. The van der Waals surface area contributed by atoms with Crippen LogP contribution in [0.4, 0.5) is 0 Å². The normalized spacial score (nSPS) is 35.5. The summed E-state index contributed by atoms with van der Waals surface area (Å²) in [4.78, 5) is 21.8. The highest BCUT2D eigenvalue weighted by Crippen LogP contribution is 2.50. The van der Waals surface area contributed by atoms with Gasteiger partial charge in [-0.25, -0.2) is 0 Å². The molecule has 4 atom stereocenters. The van der Waals surface area contributed by atoms with E-state index < -0.39 is 0 Å². The molecule has 2 bridgehead atoms. The smallest absolute Gasteiger partial charge is 0.217 e. The van der Waals surface area contributed by atoms with E-state index in [0.29, 0.717) is 36.5 Å². The molecular formula is C12H18N2O2. The van der Waals surface area contributed by atoms with Gasteiger partial charge in [-0.3, -0.25) is 9.59 Å². The molecule has 2 aliphatic rings. The van der Waals surface area contributed by atoms with Crippen molar-refractivity contribution < 1.29 is 9.59 Å². The van der Waals surface area contributed by atoms with Crippen LogP contribution in [0, 0.1) is 23.7 Å². The third kappa shape index (κ3) is 2.10. The average molecular weight is 222 g/mol. The van der Waals surface area contributed by atoms with Gasteiger partial charge < -0.3 is 11.5 Å². The van der Waals surface area contributed by atoms with Crippen molar-refractivity contribution in [3.63, 3.8) is 0 Å². The Balaban J connectivity index is 2.00. The number of primary amides is 2. The molecule has 88 valence electrons. The third-order valence-electron chi connectivity index (χ3n) is 3.96. The summed E-state index contributed by atoms with van der Waals surface area (Å²) in [5.41, 5.74) is 10.4. The lowest BCUT2D eigenvalue weighted by atomic mass is 9.78. The largest absolute Gasteiger partial charge is 0.370 e. The second-order valence-corrected chi connectivity index (χ2v) is 4.95. The first-order valence-electron chi connectivity index (χ1n) is 5.83. The molecule has 0 aliphatic heterocycles. The summed E-state index contributed by atoms with van der Waals surface area (Å²) in [7, 11) is 0. The lowest BCUT2D eigenvalue weighted by Gasteiger charge is -2.26. The van der Waals surface area contributed by atoms with Gasteiger partial charge in [0.05, 0.1) is 0 Å². The Hall–Kier alpha value is -1.32. The number of fused-ring (bicyclic) bond motifs is 2. The molecule has 16 heavy (non-hydrogen) atoms. The van der Waals surface area contributed by atoms with E-state index in [2.05, 4.69) is 12.2 Å². The fraction of sp³-hybridized carbons (Fsp3) is 0.667. The Bertz CT molecular complexity index is 338. The van der Waals surface area contributed by atoms with Crippen LogP contribution in [0.3, 0.4) is 0 Å². The molecule has 0 aromatic heterocycles. The van der Waals surface area contributed by atoms with E-state index in [1.54, 1.807) is 0 Å². The van der Waals surface area contributed by atoms with Gasteiger partial charge in [-0.05, 0) is 36.5 Å². The Kier molecular flexibility index (Phi) is 2.99. The molecular weight excluding hydrogens is 204 g/mol. The summed E-state index contributed by atoms with van der Waals surface area (Å²) in [5, 5.41) is 0. The third-order valence-corrected chi connectivity index (χ3v) is 3.96. The lowest BCUT2D eigenvalue weighted by molar-refractivity contribution is -0.119. The second-order valence-electron chi connectivity index (χ2n) is 4.95. The number of rotatable bonds is 5. The predicted octanol–water partition coefficient (Wildman–Crippen LogP) is 0.566. The van der Waals surface area contributed by atoms with E-state index in [-0.39, 0.29) is 11.8 Å². The van der Waals surface area contributed by atoms with Gasteiger partial charge in [-0.2, -0.15) is 0 Å². The van der Waals surface area contributed by atoms with Gasteiger partial charge in [0.15, 0.2) is 0 Å². The standard InChI is InChI=1S/C12H18N2O2/c13-11(15)4-3-9-7-1-2-8(5-7)10(9)6-12(14)16/h1-2,7-10H,3-6H2,(H2,13,15)(H2,14,16). The Morgan fingerprint density at radius 1 is 1.06 bits per heavy atom. The van der Waals surface area contributed by atoms with Crippen molar-refractivity contribution in [1.82, 2.24) is 0 Å². The topological polar surface area (TPSA) is 86.2 Å². The highest BCUT2D eigenvalue weighted by molar-refractivity contribution is 5.74. The molecule has 1 fully saturated rings. The minimum atomic E-state index is -0.260. The molecule has 2 aliphatic carbocycles. The maximum Gasteiger partial charge on any atom is 0.217 e. The van der Waals surface area contributed by atoms with E-state index in [4.69, 9.17) is 11.5 Å². The molecule has 2 amide bonds. The van der Waals surface area contributed by atoms with Gasteiger partial charge in [-0.1, -0.05) is 12.2 Å². The zero-order valence-electron chi connectivity index (χ0n) is 9.26. The zero-order valence-corrected chi connectivity index (χ0v) is 9.26. The number of nitrogens with two attached hydrogens (primary N) is 2. The lowest BCUT2D eigenvalue weighted by Crippen LogP contribution is -2.26. The molecule has 0 aromatic carbocycles. The van der Waals surface area contributed by atoms with Crippen LogP contribution in [0.2, 0.25) is 0 Å². The van der Waals surface area contributed by atoms with Crippen LogP contribution in [-0.4, -0.2) is 11.8 Å². The number of carbonyl (C=O) groups excluding carboxylic acids is 2. The summed E-state index contributed by atoms with van der Waals surface area (Å²) >= 11 is 0. The van der Waals surface area contributed by atoms with Gasteiger partial charge in [-0.15, -0.1) is 0 Å². The van der Waals surface area contributed by atoms with Gasteiger partial charge in [0.2, 0.25) is 11.8 Å². The van der Waals surface area contributed by atoms with Crippen LogP contribution in [0.25, 0.3) is 0 Å². The Morgan fingerprint density at radius 3 is 2.25 bits per heavy atom. The van der Waals surface area contributed by atoms with E-state index in [1.807, 2.05) is 0 Å². The number of allylic oxidation sites excluding steroid dienone is 2. The van der Waals surface area contributed by atoms with Crippen molar-refractivity contribution in [2.24, 2.45) is 35.1 Å². The Morgan fingerprint density at radius 2 is 1.69 bits per heavy atom. The SMILES string of the molecule is NC(=O)CCC1C2C=CC(C2)C1CC(N)=O. The van der Waals surface area contributed by atoms with Crippen LogP contribution < -0.4 is 11.5 Å². The van der Waals surface area contributed by atoms with Gasteiger partial charge in [0, 0.05) is 12.8 Å². The van der Waals surface area contributed by atoms with E-state index in [1.165, 1.54) is 0 Å². The molecule has 0 spiro atoms. The highest BCUT2D eigenvalue weighted by Gasteiger charge is 2.44. The van der Waals surface area contributed by atoms with Gasteiger partial charge in [0.25, 0.3) is 0 Å². The summed E-state index contributed by atoms with van der Waals surface area (Å²) in [6.07, 6.45) is 7.17.